The number of hydrogen-bond donors (Lipinski definition) is 2. The number of ketones is 1. The van der Waals surface area contributed by atoms with E-state index >= 15 is 4.39 Å². The van der Waals surface area contributed by atoms with Gasteiger partial charge in [0.25, 0.3) is 5.91 Å². The third-order valence-corrected chi connectivity index (χ3v) is 8.44. The normalized spacial score (nSPS) is 21.5. The Labute approximate surface area is 237 Å². The molecule has 8 nitrogen and oxygen atoms in total. The smallest absolute Gasteiger partial charge is 0.306 e. The molecule has 1 atom stereocenters. The average Bonchev–Trinajstić information content (AvgIpc) is 3.55. The van der Waals surface area contributed by atoms with Crippen LogP contribution in [0.25, 0.3) is 10.9 Å². The summed E-state index contributed by atoms with van der Waals surface area (Å²) in [5.74, 6) is -2.18. The fourth-order valence-electron chi connectivity index (χ4n) is 5.86. The number of carboxylic acids is 1. The number of carbonyl (C=O) groups excluding carboxylic acids is 2. The standard InChI is InChI=1S/C30H33ClFN3O5/c1-34-16-22(21-5-2-3-6-26(21)34)29(37)33-25-15-24(32)19(13-23(25)31)14-28(36)27-7-4-12-35(27)17-40-20-10-8-18(9-11-20)30(38)39/h2-3,5-6,13,15-16,18,20,27H,4,7-12,14,17H2,1H3,(H,33,37)(H,38,39)/t18?,20?,27-/m1/s1. The number of ether oxygens (including phenoxy) is 1. The number of rotatable bonds is 9. The van der Waals surface area contributed by atoms with Gasteiger partial charge < -0.3 is 19.7 Å². The summed E-state index contributed by atoms with van der Waals surface area (Å²) in [6, 6.07) is 9.70. The molecule has 1 amide bonds. The van der Waals surface area contributed by atoms with E-state index in [1.54, 1.807) is 6.20 Å². The van der Waals surface area contributed by atoms with Crippen LogP contribution < -0.4 is 5.32 Å². The van der Waals surface area contributed by atoms with Crippen molar-refractivity contribution in [2.45, 2.75) is 57.1 Å². The zero-order chi connectivity index (χ0) is 28.4. The molecule has 2 N–H and O–H groups in total. The lowest BCUT2D eigenvalue weighted by Gasteiger charge is -2.30. The van der Waals surface area contributed by atoms with Gasteiger partial charge in [0.05, 0.1) is 41.1 Å². The molecule has 2 aromatic carbocycles. The number of fused-ring (bicyclic) bond motifs is 1. The number of nitrogens with zero attached hydrogens (tertiary/aromatic N) is 2. The largest absolute Gasteiger partial charge is 0.481 e. The Morgan fingerprint density at radius 2 is 1.88 bits per heavy atom. The number of benzene rings is 2. The number of aliphatic carboxylic acids is 1. The highest BCUT2D eigenvalue weighted by Crippen LogP contribution is 2.30. The lowest BCUT2D eigenvalue weighted by atomic mass is 9.87. The van der Waals surface area contributed by atoms with Gasteiger partial charge >= 0.3 is 5.97 Å². The fraction of sp³-hybridized carbons (Fsp3) is 0.433. The minimum absolute atomic E-state index is 0.0140. The summed E-state index contributed by atoms with van der Waals surface area (Å²) in [6.45, 7) is 1.00. The number of amides is 1. The van der Waals surface area contributed by atoms with Crippen LogP contribution in [0.4, 0.5) is 10.1 Å². The molecule has 5 rings (SSSR count). The van der Waals surface area contributed by atoms with Crippen LogP contribution in [-0.2, 0) is 27.8 Å². The summed E-state index contributed by atoms with van der Waals surface area (Å²) in [5, 5.41) is 12.8. The Bertz CT molecular complexity index is 1430. The molecule has 2 fully saturated rings. The van der Waals surface area contributed by atoms with Crippen LogP contribution >= 0.6 is 11.6 Å². The van der Waals surface area contributed by atoms with Gasteiger partial charge in [-0.1, -0.05) is 29.8 Å². The van der Waals surface area contributed by atoms with Gasteiger partial charge in [-0.2, -0.15) is 0 Å². The van der Waals surface area contributed by atoms with Gasteiger partial charge in [0.1, 0.15) is 5.82 Å². The Hall–Kier alpha value is -3.27. The van der Waals surface area contributed by atoms with Crippen molar-refractivity contribution in [3.8, 4) is 0 Å². The van der Waals surface area contributed by atoms with E-state index in [-0.39, 0.29) is 46.5 Å². The van der Waals surface area contributed by atoms with Crippen molar-refractivity contribution in [3.63, 3.8) is 0 Å². The predicted molar refractivity (Wildman–Crippen MR) is 150 cm³/mol. The first-order valence-corrected chi connectivity index (χ1v) is 14.0. The summed E-state index contributed by atoms with van der Waals surface area (Å²) in [7, 11) is 1.85. The topological polar surface area (TPSA) is 101 Å². The number of aryl methyl sites for hydroxylation is 1. The molecule has 1 aliphatic carbocycles. The van der Waals surface area contributed by atoms with E-state index in [1.165, 1.54) is 6.07 Å². The molecular formula is C30H33ClFN3O5. The molecule has 2 aliphatic rings. The second kappa shape index (κ2) is 12.1. The minimum Gasteiger partial charge on any atom is -0.481 e. The first kappa shape index (κ1) is 28.3. The molecule has 0 unspecified atom stereocenters. The van der Waals surface area contributed by atoms with Gasteiger partial charge in [-0.25, -0.2) is 4.39 Å². The van der Waals surface area contributed by atoms with Crippen molar-refractivity contribution in [3.05, 3.63) is 64.6 Å². The number of carboxylic acid groups (broad SMARTS) is 1. The maximum Gasteiger partial charge on any atom is 0.306 e. The molecule has 1 saturated heterocycles. The highest BCUT2D eigenvalue weighted by Gasteiger charge is 2.33. The number of aromatic nitrogens is 1. The van der Waals surface area contributed by atoms with E-state index < -0.39 is 17.7 Å². The molecule has 10 heteroatoms. The molecule has 2 heterocycles. The van der Waals surface area contributed by atoms with Crippen molar-refractivity contribution in [1.29, 1.82) is 0 Å². The van der Waals surface area contributed by atoms with Gasteiger partial charge in [-0.15, -0.1) is 0 Å². The highest BCUT2D eigenvalue weighted by molar-refractivity contribution is 6.34. The van der Waals surface area contributed by atoms with Crippen LogP contribution in [0.5, 0.6) is 0 Å². The molecule has 3 aromatic rings. The third-order valence-electron chi connectivity index (χ3n) is 8.13. The third kappa shape index (κ3) is 6.06. The second-order valence-electron chi connectivity index (χ2n) is 10.8. The van der Waals surface area contributed by atoms with Gasteiger partial charge in [0.2, 0.25) is 0 Å². The Morgan fingerprint density at radius 3 is 2.62 bits per heavy atom. The molecule has 1 saturated carbocycles. The molecule has 1 aromatic heterocycles. The van der Waals surface area contributed by atoms with E-state index in [2.05, 4.69) is 5.32 Å². The fourth-order valence-corrected chi connectivity index (χ4v) is 6.09. The van der Waals surface area contributed by atoms with Crippen LogP contribution in [-0.4, -0.2) is 57.7 Å². The molecule has 212 valence electrons. The monoisotopic (exact) mass is 569 g/mol. The zero-order valence-corrected chi connectivity index (χ0v) is 23.1. The molecule has 40 heavy (non-hydrogen) atoms. The number of likely N-dealkylation sites (tertiary alicyclic amines) is 1. The van der Waals surface area contributed by atoms with Gasteiger partial charge in [-0.05, 0) is 62.3 Å². The minimum atomic E-state index is -0.754. The number of nitrogens with one attached hydrogen (secondary N) is 1. The molecule has 0 radical (unpaired) electrons. The Balaban J connectivity index is 1.20. The van der Waals surface area contributed by atoms with E-state index in [0.29, 0.717) is 50.9 Å². The summed E-state index contributed by atoms with van der Waals surface area (Å²) in [6.07, 6.45) is 5.67. The van der Waals surface area contributed by atoms with E-state index in [4.69, 9.17) is 16.3 Å². The SMILES string of the molecule is Cn1cc(C(=O)Nc2cc(F)c(CC(=O)[C@H]3CCCN3COC3CCC(C(=O)O)CC3)cc2Cl)c2ccccc21. The number of anilines is 1. The van der Waals surface area contributed by atoms with Crippen LogP contribution in [0.1, 0.15) is 54.4 Å². The summed E-state index contributed by atoms with van der Waals surface area (Å²) in [5.41, 5.74) is 1.67. The highest BCUT2D eigenvalue weighted by atomic mass is 35.5. The van der Waals surface area contributed by atoms with Crippen molar-refractivity contribution in [2.75, 3.05) is 18.6 Å². The van der Waals surface area contributed by atoms with E-state index in [9.17, 15) is 19.5 Å². The Morgan fingerprint density at radius 1 is 1.12 bits per heavy atom. The second-order valence-corrected chi connectivity index (χ2v) is 11.2. The zero-order valence-electron chi connectivity index (χ0n) is 22.4. The molecule has 0 bridgehead atoms. The van der Waals surface area contributed by atoms with Crippen molar-refractivity contribution in [1.82, 2.24) is 9.47 Å². The van der Waals surface area contributed by atoms with E-state index in [0.717, 1.165) is 23.4 Å². The van der Waals surface area contributed by atoms with Crippen molar-refractivity contribution < 1.29 is 28.6 Å². The van der Waals surface area contributed by atoms with Crippen LogP contribution in [0.15, 0.2) is 42.6 Å². The predicted octanol–water partition coefficient (Wildman–Crippen LogP) is 5.42. The van der Waals surface area contributed by atoms with Crippen LogP contribution in [0.2, 0.25) is 5.02 Å². The average molecular weight is 570 g/mol. The molecular weight excluding hydrogens is 537 g/mol. The number of carbonyl (C=O) groups is 3. The van der Waals surface area contributed by atoms with Crippen molar-refractivity contribution >= 4 is 45.9 Å². The van der Waals surface area contributed by atoms with Gasteiger partial charge in [0, 0.05) is 37.1 Å². The van der Waals surface area contributed by atoms with Crippen LogP contribution in [0.3, 0.4) is 0 Å². The first-order valence-electron chi connectivity index (χ1n) is 13.7. The summed E-state index contributed by atoms with van der Waals surface area (Å²) < 4.78 is 23.0. The number of para-hydroxylation sites is 1. The first-order chi connectivity index (χ1) is 19.2. The van der Waals surface area contributed by atoms with Gasteiger partial charge in [-0.3, -0.25) is 19.3 Å². The Kier molecular flexibility index (Phi) is 8.54. The molecule has 0 spiro atoms. The number of Topliss-reactive ketones (excluding diaryl/α,β-unsaturated/α-hetero) is 1. The summed E-state index contributed by atoms with van der Waals surface area (Å²) >= 11 is 6.43. The molecule has 1 aliphatic heterocycles. The van der Waals surface area contributed by atoms with Crippen molar-refractivity contribution in [2.24, 2.45) is 13.0 Å². The van der Waals surface area contributed by atoms with Crippen LogP contribution in [0, 0.1) is 11.7 Å². The maximum atomic E-state index is 15.1. The number of hydrogen-bond acceptors (Lipinski definition) is 5. The maximum absolute atomic E-state index is 15.1. The lowest BCUT2D eigenvalue weighted by Crippen LogP contribution is -2.40. The summed E-state index contributed by atoms with van der Waals surface area (Å²) in [4.78, 5) is 39.3. The van der Waals surface area contributed by atoms with Gasteiger partial charge in [0.15, 0.2) is 5.78 Å². The lowest BCUT2D eigenvalue weighted by molar-refractivity contribution is -0.144. The quantitative estimate of drug-likeness (QED) is 0.357. The van der Waals surface area contributed by atoms with E-state index in [1.807, 2.05) is 40.8 Å². The number of halogens is 2.